The Hall–Kier alpha value is -1.01. The molecule has 0 fully saturated rings. The normalized spacial score (nSPS) is 9.62. The molecule has 0 aliphatic heterocycles. The molecule has 4 N–H and O–H groups in total. The lowest BCUT2D eigenvalue weighted by Crippen LogP contribution is -2.26. The molecule has 6 nitrogen and oxygen atoms in total. The molecule has 0 aliphatic carbocycles. The number of halogens is 1. The summed E-state index contributed by atoms with van der Waals surface area (Å²) in [5.74, 6) is 0. The topological polar surface area (TPSA) is 96.7 Å². The van der Waals surface area contributed by atoms with Gasteiger partial charge in [0, 0.05) is 6.54 Å². The molecular formula is C6H13ClN4O2. The fourth-order valence-corrected chi connectivity index (χ4v) is 0.951. The minimum atomic E-state index is -0.392. The summed E-state index contributed by atoms with van der Waals surface area (Å²) in [7, 11) is 0. The van der Waals surface area contributed by atoms with Crippen LogP contribution in [-0.4, -0.2) is 21.3 Å². The third kappa shape index (κ3) is 3.08. The van der Waals surface area contributed by atoms with Crippen molar-refractivity contribution in [2.45, 2.75) is 19.4 Å². The van der Waals surface area contributed by atoms with E-state index in [2.05, 4.69) is 10.2 Å². The van der Waals surface area contributed by atoms with Crippen molar-refractivity contribution in [1.82, 2.24) is 14.8 Å². The van der Waals surface area contributed by atoms with Crippen molar-refractivity contribution in [2.75, 3.05) is 6.54 Å². The third-order valence-electron chi connectivity index (χ3n) is 1.60. The highest BCUT2D eigenvalue weighted by atomic mass is 35.5. The fourth-order valence-electron chi connectivity index (χ4n) is 0.951. The molecule has 0 saturated carbocycles. The molecule has 0 aliphatic rings. The van der Waals surface area contributed by atoms with Gasteiger partial charge in [0.05, 0.1) is 0 Å². The SMILES string of the molecule is Cl.NCCCCn1c(=O)[nH][nH]c1=O. The smallest absolute Gasteiger partial charge is 0.330 e. The highest BCUT2D eigenvalue weighted by Crippen LogP contribution is 1.86. The van der Waals surface area contributed by atoms with Crippen LogP contribution in [0.4, 0.5) is 0 Å². The summed E-state index contributed by atoms with van der Waals surface area (Å²) in [6, 6.07) is 0. The van der Waals surface area contributed by atoms with E-state index in [1.807, 2.05) is 0 Å². The van der Waals surface area contributed by atoms with Gasteiger partial charge in [-0.3, -0.25) is 0 Å². The van der Waals surface area contributed by atoms with Crippen LogP contribution in [0.2, 0.25) is 0 Å². The monoisotopic (exact) mass is 208 g/mol. The van der Waals surface area contributed by atoms with Crippen LogP contribution >= 0.6 is 12.4 Å². The zero-order chi connectivity index (χ0) is 8.97. The first-order chi connectivity index (χ1) is 5.75. The maximum atomic E-state index is 10.9. The molecule has 76 valence electrons. The number of nitrogens with two attached hydrogens (primary N) is 1. The zero-order valence-electron chi connectivity index (χ0n) is 7.08. The molecular weight excluding hydrogens is 196 g/mol. The summed E-state index contributed by atoms with van der Waals surface area (Å²) >= 11 is 0. The Morgan fingerprint density at radius 2 is 1.69 bits per heavy atom. The van der Waals surface area contributed by atoms with E-state index in [4.69, 9.17) is 5.73 Å². The number of nitrogens with zero attached hydrogens (tertiary/aromatic N) is 1. The Labute approximate surface area is 80.5 Å². The van der Waals surface area contributed by atoms with Gasteiger partial charge in [0.2, 0.25) is 0 Å². The lowest BCUT2D eigenvalue weighted by atomic mass is 10.3. The van der Waals surface area contributed by atoms with Crippen LogP contribution in [-0.2, 0) is 6.54 Å². The summed E-state index contributed by atoms with van der Waals surface area (Å²) in [6.45, 7) is 1.01. The van der Waals surface area contributed by atoms with E-state index >= 15 is 0 Å². The predicted octanol–water partition coefficient (Wildman–Crippen LogP) is -0.975. The Balaban J connectivity index is 0.00000144. The van der Waals surface area contributed by atoms with E-state index in [-0.39, 0.29) is 12.4 Å². The lowest BCUT2D eigenvalue weighted by molar-refractivity contribution is 0.586. The van der Waals surface area contributed by atoms with Crippen LogP contribution in [0, 0.1) is 0 Å². The minimum absolute atomic E-state index is 0. The molecule has 7 heteroatoms. The molecule has 0 radical (unpaired) electrons. The average Bonchev–Trinajstić information content (AvgIpc) is 2.35. The molecule has 0 saturated heterocycles. The quantitative estimate of drug-likeness (QED) is 0.555. The molecule has 0 spiro atoms. The number of aromatic nitrogens is 3. The first-order valence-electron chi connectivity index (χ1n) is 3.83. The van der Waals surface area contributed by atoms with Crippen LogP contribution < -0.4 is 17.1 Å². The van der Waals surface area contributed by atoms with Crippen LogP contribution in [0.15, 0.2) is 9.59 Å². The number of hydrogen-bond donors (Lipinski definition) is 3. The zero-order valence-corrected chi connectivity index (χ0v) is 7.89. The van der Waals surface area contributed by atoms with Crippen molar-refractivity contribution in [2.24, 2.45) is 5.73 Å². The molecule has 13 heavy (non-hydrogen) atoms. The predicted molar refractivity (Wildman–Crippen MR) is 51.2 cm³/mol. The Morgan fingerprint density at radius 1 is 1.15 bits per heavy atom. The van der Waals surface area contributed by atoms with Gasteiger partial charge < -0.3 is 5.73 Å². The lowest BCUT2D eigenvalue weighted by Gasteiger charge is -1.96. The number of aromatic amines is 2. The summed E-state index contributed by atoms with van der Waals surface area (Å²) in [4.78, 5) is 21.8. The van der Waals surface area contributed by atoms with E-state index in [0.29, 0.717) is 13.1 Å². The van der Waals surface area contributed by atoms with Crippen molar-refractivity contribution in [1.29, 1.82) is 0 Å². The van der Waals surface area contributed by atoms with E-state index in [9.17, 15) is 9.59 Å². The highest BCUT2D eigenvalue weighted by Gasteiger charge is 2.00. The molecule has 0 atom stereocenters. The van der Waals surface area contributed by atoms with Gasteiger partial charge >= 0.3 is 11.4 Å². The van der Waals surface area contributed by atoms with Crippen LogP contribution in [0.25, 0.3) is 0 Å². The van der Waals surface area contributed by atoms with Gasteiger partial charge in [-0.2, -0.15) is 0 Å². The van der Waals surface area contributed by atoms with Crippen molar-refractivity contribution in [3.63, 3.8) is 0 Å². The van der Waals surface area contributed by atoms with Crippen molar-refractivity contribution in [3.05, 3.63) is 21.0 Å². The van der Waals surface area contributed by atoms with Crippen LogP contribution in [0.3, 0.4) is 0 Å². The molecule has 0 bridgehead atoms. The average molecular weight is 209 g/mol. The minimum Gasteiger partial charge on any atom is -0.330 e. The summed E-state index contributed by atoms with van der Waals surface area (Å²) < 4.78 is 1.12. The van der Waals surface area contributed by atoms with Gasteiger partial charge in [-0.15, -0.1) is 12.4 Å². The van der Waals surface area contributed by atoms with Gasteiger partial charge in [0.1, 0.15) is 0 Å². The molecule has 1 heterocycles. The number of nitrogens with one attached hydrogen (secondary N) is 2. The van der Waals surface area contributed by atoms with Crippen molar-refractivity contribution in [3.8, 4) is 0 Å². The molecule has 0 amide bonds. The number of unbranched alkanes of at least 4 members (excludes halogenated alkanes) is 1. The Morgan fingerprint density at radius 3 is 2.15 bits per heavy atom. The standard InChI is InChI=1S/C6H12N4O2.ClH/c7-3-1-2-4-10-5(11)8-9-6(10)12;/h1-4,7H2,(H,8,11)(H,9,12);1H. The molecule has 0 aromatic carbocycles. The fraction of sp³-hybridized carbons (Fsp3) is 0.667. The summed E-state index contributed by atoms with van der Waals surface area (Å²) in [5, 5.41) is 4.40. The molecule has 1 aromatic heterocycles. The van der Waals surface area contributed by atoms with E-state index in [1.165, 1.54) is 0 Å². The van der Waals surface area contributed by atoms with Gasteiger partial charge in [-0.05, 0) is 19.4 Å². The van der Waals surface area contributed by atoms with Crippen LogP contribution in [0.1, 0.15) is 12.8 Å². The van der Waals surface area contributed by atoms with E-state index < -0.39 is 11.4 Å². The Kier molecular flexibility index (Phi) is 5.17. The second kappa shape index (κ2) is 5.60. The number of H-pyrrole nitrogens is 2. The second-order valence-corrected chi connectivity index (χ2v) is 2.51. The second-order valence-electron chi connectivity index (χ2n) is 2.51. The van der Waals surface area contributed by atoms with Crippen molar-refractivity contribution >= 4 is 12.4 Å². The summed E-state index contributed by atoms with van der Waals surface area (Å²) in [5.41, 5.74) is 4.48. The largest absolute Gasteiger partial charge is 0.344 e. The first kappa shape index (κ1) is 12.0. The third-order valence-corrected chi connectivity index (χ3v) is 1.60. The number of rotatable bonds is 4. The first-order valence-corrected chi connectivity index (χ1v) is 3.83. The van der Waals surface area contributed by atoms with Gasteiger partial charge in [-0.1, -0.05) is 0 Å². The Bertz CT molecular complexity index is 311. The van der Waals surface area contributed by atoms with Crippen molar-refractivity contribution < 1.29 is 0 Å². The van der Waals surface area contributed by atoms with Crippen LogP contribution in [0.5, 0.6) is 0 Å². The summed E-state index contributed by atoms with van der Waals surface area (Å²) in [6.07, 6.45) is 1.56. The maximum absolute atomic E-state index is 10.9. The number of hydrogen-bond acceptors (Lipinski definition) is 3. The van der Waals surface area contributed by atoms with E-state index in [0.717, 1.165) is 17.4 Å². The highest BCUT2D eigenvalue weighted by molar-refractivity contribution is 5.85. The molecule has 1 rings (SSSR count). The van der Waals surface area contributed by atoms with E-state index in [1.54, 1.807) is 0 Å². The molecule has 1 aromatic rings. The maximum Gasteiger partial charge on any atom is 0.344 e. The molecule has 0 unspecified atom stereocenters. The van der Waals surface area contributed by atoms with Gasteiger partial charge in [0.25, 0.3) is 0 Å². The van der Waals surface area contributed by atoms with Gasteiger partial charge in [0.15, 0.2) is 0 Å². The van der Waals surface area contributed by atoms with Gasteiger partial charge in [-0.25, -0.2) is 24.4 Å².